The fraction of sp³-hybridized carbons (Fsp3) is 0.462. The van der Waals surface area contributed by atoms with Crippen LogP contribution in [0.1, 0.15) is 32.1 Å². The van der Waals surface area contributed by atoms with E-state index < -0.39 is 5.97 Å². The van der Waals surface area contributed by atoms with E-state index in [0.29, 0.717) is 0 Å². The summed E-state index contributed by atoms with van der Waals surface area (Å²) in [5.74, 6) is -0.631. The van der Waals surface area contributed by atoms with Crippen LogP contribution >= 0.6 is 0 Å². The third kappa shape index (κ3) is 12.7. The number of hydrogen-bond acceptors (Lipinski definition) is 1. The molecular weight excluding hydrogens is 188 g/mol. The second-order valence-corrected chi connectivity index (χ2v) is 2.67. The van der Waals surface area contributed by atoms with Gasteiger partial charge in [0.1, 0.15) is 0 Å². The Hall–Kier alpha value is -1.31. The normalized spacial score (nSPS) is 13.9. The molecule has 0 aromatic carbocycles. The number of aliphatic carboxylic acids is 1. The van der Waals surface area contributed by atoms with Gasteiger partial charge in [-0.2, -0.15) is 0 Å². The van der Waals surface area contributed by atoms with Crippen LogP contribution in [0.5, 0.6) is 0 Å². The molecule has 0 bridgehead atoms. The number of carboxylic acid groups (broad SMARTS) is 1. The summed E-state index contributed by atoms with van der Waals surface area (Å²) in [5.41, 5.74) is 0. The summed E-state index contributed by atoms with van der Waals surface area (Å²) in [7, 11) is 0. The summed E-state index contributed by atoms with van der Waals surface area (Å²) < 4.78 is 0. The average Bonchev–Trinajstić information content (AvgIpc) is 2.38. The number of rotatable bonds is 1. The summed E-state index contributed by atoms with van der Waals surface area (Å²) in [6.45, 7) is 18.0. The van der Waals surface area contributed by atoms with Gasteiger partial charge in [-0.3, -0.25) is 4.79 Å². The molecule has 0 spiro atoms. The molecular formula is C13H24O2. The highest BCUT2D eigenvalue weighted by Gasteiger charge is 2.19. The van der Waals surface area contributed by atoms with Gasteiger partial charge in [0, 0.05) is 0 Å². The molecule has 2 heteroatoms. The van der Waals surface area contributed by atoms with Crippen LogP contribution in [0.2, 0.25) is 0 Å². The monoisotopic (exact) mass is 212 g/mol. The summed E-state index contributed by atoms with van der Waals surface area (Å²) in [4.78, 5) is 10.4. The third-order valence-corrected chi connectivity index (χ3v) is 1.95. The molecule has 1 aliphatic carbocycles. The minimum Gasteiger partial charge on any atom is -0.481 e. The molecule has 0 saturated heterocycles. The smallest absolute Gasteiger partial charge is 0.306 e. The molecule has 1 rings (SSSR count). The van der Waals surface area contributed by atoms with E-state index in [4.69, 9.17) is 5.11 Å². The van der Waals surface area contributed by atoms with Crippen LogP contribution in [0.4, 0.5) is 0 Å². The highest BCUT2D eigenvalue weighted by atomic mass is 16.4. The molecule has 15 heavy (non-hydrogen) atoms. The minimum atomic E-state index is -0.602. The summed E-state index contributed by atoms with van der Waals surface area (Å²) in [6.07, 6.45) is 5.24. The quantitative estimate of drug-likeness (QED) is 0.665. The fourth-order valence-corrected chi connectivity index (χ4v) is 1.35. The molecule has 1 aliphatic rings. The molecule has 0 heterocycles. The predicted molar refractivity (Wildman–Crippen MR) is 68.0 cm³/mol. The summed E-state index contributed by atoms with van der Waals surface area (Å²) >= 11 is 0. The Kier molecular flexibility index (Phi) is 23.8. The highest BCUT2D eigenvalue weighted by Crippen LogP contribution is 2.23. The van der Waals surface area contributed by atoms with Crippen LogP contribution in [-0.4, -0.2) is 11.1 Å². The van der Waals surface area contributed by atoms with Crippen molar-refractivity contribution in [3.05, 3.63) is 39.5 Å². The summed E-state index contributed by atoms with van der Waals surface area (Å²) in [6, 6.07) is 0. The first-order valence-electron chi connectivity index (χ1n) is 5.03. The molecule has 1 fully saturated rings. The lowest BCUT2D eigenvalue weighted by Gasteiger charge is -2.16. The molecule has 1 saturated carbocycles. The zero-order chi connectivity index (χ0) is 12.7. The first-order chi connectivity index (χ1) is 7.30. The van der Waals surface area contributed by atoms with Gasteiger partial charge in [0.15, 0.2) is 0 Å². The standard InChI is InChI=1S/C7H12O2.3C2H4/c8-7(9)6-4-2-1-3-5-6;3*1-2/h6H,1-5H2,(H,8,9);3*1-2H2. The second-order valence-electron chi connectivity index (χ2n) is 2.67. The van der Waals surface area contributed by atoms with Crippen LogP contribution in [0.25, 0.3) is 0 Å². The Labute approximate surface area is 94.0 Å². The van der Waals surface area contributed by atoms with Crippen LogP contribution in [-0.2, 0) is 4.79 Å². The van der Waals surface area contributed by atoms with E-state index in [1.807, 2.05) is 0 Å². The molecule has 0 radical (unpaired) electrons. The molecule has 88 valence electrons. The van der Waals surface area contributed by atoms with Crippen LogP contribution in [0.15, 0.2) is 39.5 Å². The Morgan fingerprint density at radius 2 is 1.20 bits per heavy atom. The van der Waals surface area contributed by atoms with Gasteiger partial charge in [0.05, 0.1) is 5.92 Å². The second kappa shape index (κ2) is 18.5. The zero-order valence-electron chi connectivity index (χ0n) is 9.71. The molecule has 0 atom stereocenters. The first kappa shape index (κ1) is 19.3. The molecule has 0 unspecified atom stereocenters. The SMILES string of the molecule is C=C.C=C.C=C.O=C(O)C1CCCCC1. The van der Waals surface area contributed by atoms with Crippen LogP contribution < -0.4 is 0 Å². The first-order valence-corrected chi connectivity index (χ1v) is 5.03. The number of carbonyl (C=O) groups is 1. The molecule has 1 N–H and O–H groups in total. The molecule has 2 nitrogen and oxygen atoms in total. The van der Waals surface area contributed by atoms with E-state index in [-0.39, 0.29) is 5.92 Å². The van der Waals surface area contributed by atoms with Gasteiger partial charge >= 0.3 is 5.97 Å². The molecule has 0 aromatic heterocycles. The average molecular weight is 212 g/mol. The lowest BCUT2D eigenvalue weighted by molar-refractivity contribution is -0.142. The Morgan fingerprint density at radius 3 is 1.40 bits per heavy atom. The molecule has 0 aliphatic heterocycles. The van der Waals surface area contributed by atoms with Crippen molar-refractivity contribution in [1.82, 2.24) is 0 Å². The molecule has 0 amide bonds. The third-order valence-electron chi connectivity index (χ3n) is 1.95. The maximum Gasteiger partial charge on any atom is 0.306 e. The Bertz CT molecular complexity index is 133. The highest BCUT2D eigenvalue weighted by molar-refractivity contribution is 5.69. The van der Waals surface area contributed by atoms with Crippen molar-refractivity contribution in [3.8, 4) is 0 Å². The van der Waals surface area contributed by atoms with E-state index in [0.717, 1.165) is 25.7 Å². The molecule has 0 aromatic rings. The van der Waals surface area contributed by atoms with Gasteiger partial charge in [-0.25, -0.2) is 0 Å². The van der Waals surface area contributed by atoms with Crippen molar-refractivity contribution in [3.63, 3.8) is 0 Å². The van der Waals surface area contributed by atoms with Crippen molar-refractivity contribution in [1.29, 1.82) is 0 Å². The van der Waals surface area contributed by atoms with E-state index in [1.165, 1.54) is 6.42 Å². The van der Waals surface area contributed by atoms with E-state index >= 15 is 0 Å². The van der Waals surface area contributed by atoms with Gasteiger partial charge in [-0.1, -0.05) is 19.3 Å². The van der Waals surface area contributed by atoms with Gasteiger partial charge in [0.2, 0.25) is 0 Å². The van der Waals surface area contributed by atoms with Gasteiger partial charge in [0.25, 0.3) is 0 Å². The van der Waals surface area contributed by atoms with Gasteiger partial charge in [-0.05, 0) is 12.8 Å². The van der Waals surface area contributed by atoms with Gasteiger partial charge in [-0.15, -0.1) is 39.5 Å². The fourth-order valence-electron chi connectivity index (χ4n) is 1.35. The van der Waals surface area contributed by atoms with Crippen molar-refractivity contribution < 1.29 is 9.90 Å². The largest absolute Gasteiger partial charge is 0.481 e. The van der Waals surface area contributed by atoms with Crippen LogP contribution in [0, 0.1) is 5.92 Å². The van der Waals surface area contributed by atoms with E-state index in [9.17, 15) is 4.79 Å². The van der Waals surface area contributed by atoms with Gasteiger partial charge < -0.3 is 5.11 Å². The number of hydrogen-bond donors (Lipinski definition) is 1. The lowest BCUT2D eigenvalue weighted by atomic mass is 9.90. The lowest BCUT2D eigenvalue weighted by Crippen LogP contribution is -2.16. The van der Waals surface area contributed by atoms with Crippen molar-refractivity contribution >= 4 is 5.97 Å². The Balaban J connectivity index is -0.000000208. The van der Waals surface area contributed by atoms with Crippen LogP contribution in [0.3, 0.4) is 0 Å². The maximum atomic E-state index is 10.4. The number of carboxylic acids is 1. The predicted octanol–water partition coefficient (Wildman–Crippen LogP) is 4.06. The van der Waals surface area contributed by atoms with E-state index in [1.54, 1.807) is 0 Å². The summed E-state index contributed by atoms with van der Waals surface area (Å²) in [5, 5.41) is 8.54. The van der Waals surface area contributed by atoms with Crippen molar-refractivity contribution in [2.45, 2.75) is 32.1 Å². The van der Waals surface area contributed by atoms with E-state index in [2.05, 4.69) is 39.5 Å². The van der Waals surface area contributed by atoms with Crippen molar-refractivity contribution in [2.24, 2.45) is 5.92 Å². The zero-order valence-corrected chi connectivity index (χ0v) is 9.71. The maximum absolute atomic E-state index is 10.4. The minimum absolute atomic E-state index is 0.0289. The van der Waals surface area contributed by atoms with Crippen molar-refractivity contribution in [2.75, 3.05) is 0 Å². The Morgan fingerprint density at radius 1 is 0.867 bits per heavy atom. The topological polar surface area (TPSA) is 37.3 Å².